The number of fused-ring (bicyclic) bond motifs is 11. The quantitative estimate of drug-likeness (QED) is 0.173. The van der Waals surface area contributed by atoms with Gasteiger partial charge in [0.05, 0.1) is 0 Å². The minimum atomic E-state index is 0.793. The number of para-hydroxylation sites is 1. The topological polar surface area (TPSA) is 26.3 Å². The molecule has 2 aromatic heterocycles. The molecular weight excluding hydrogens is 657 g/mol. The van der Waals surface area contributed by atoms with Crippen LogP contribution in [0.1, 0.15) is 0 Å². The highest BCUT2D eigenvalue weighted by molar-refractivity contribution is 6.25. The predicted octanol–water partition coefficient (Wildman–Crippen LogP) is 15.1. The Morgan fingerprint density at radius 2 is 0.796 bits per heavy atom. The van der Waals surface area contributed by atoms with Gasteiger partial charge in [-0.15, -0.1) is 0 Å². The van der Waals surface area contributed by atoms with Crippen molar-refractivity contribution in [2.24, 2.45) is 0 Å². The first-order valence-corrected chi connectivity index (χ1v) is 18.5. The SMILES string of the molecule is c1cc(-c2ccc3oc4c(ccc5c6ccccc6oc54)c3c2)cc(-c2c3ccccc3c(-c3cccc4ccccc34)c3cc4ccccc4cc23)c1. The summed E-state index contributed by atoms with van der Waals surface area (Å²) in [6.07, 6.45) is 0. The molecule has 0 bridgehead atoms. The maximum Gasteiger partial charge on any atom is 0.178 e. The number of hydrogen-bond acceptors (Lipinski definition) is 2. The van der Waals surface area contributed by atoms with Gasteiger partial charge in [0.25, 0.3) is 0 Å². The third-order valence-corrected chi connectivity index (χ3v) is 11.4. The van der Waals surface area contributed by atoms with Crippen molar-refractivity contribution in [3.63, 3.8) is 0 Å². The highest BCUT2D eigenvalue weighted by Gasteiger charge is 2.20. The lowest BCUT2D eigenvalue weighted by molar-refractivity contribution is 0.633. The normalized spacial score (nSPS) is 12.1. The van der Waals surface area contributed by atoms with E-state index < -0.39 is 0 Å². The van der Waals surface area contributed by atoms with E-state index >= 15 is 0 Å². The van der Waals surface area contributed by atoms with Crippen molar-refractivity contribution in [1.29, 1.82) is 0 Å². The molecule has 0 aliphatic carbocycles. The molecular formula is C52H30O2. The molecule has 0 amide bonds. The minimum Gasteiger partial charge on any atom is -0.452 e. The molecule has 0 saturated carbocycles. The van der Waals surface area contributed by atoms with Gasteiger partial charge in [0.1, 0.15) is 11.2 Å². The summed E-state index contributed by atoms with van der Waals surface area (Å²) < 4.78 is 12.8. The van der Waals surface area contributed by atoms with Gasteiger partial charge in [-0.25, -0.2) is 0 Å². The zero-order valence-corrected chi connectivity index (χ0v) is 29.1. The van der Waals surface area contributed by atoms with Crippen molar-refractivity contribution < 1.29 is 8.83 Å². The molecule has 0 spiro atoms. The van der Waals surface area contributed by atoms with Crippen molar-refractivity contribution in [1.82, 2.24) is 0 Å². The molecule has 12 rings (SSSR count). The van der Waals surface area contributed by atoms with Gasteiger partial charge in [0, 0.05) is 21.5 Å². The highest BCUT2D eigenvalue weighted by Crippen LogP contribution is 2.47. The summed E-state index contributed by atoms with van der Waals surface area (Å²) >= 11 is 0. The Morgan fingerprint density at radius 3 is 1.57 bits per heavy atom. The number of hydrogen-bond donors (Lipinski definition) is 0. The predicted molar refractivity (Wildman–Crippen MR) is 227 cm³/mol. The van der Waals surface area contributed by atoms with Gasteiger partial charge >= 0.3 is 0 Å². The van der Waals surface area contributed by atoms with Crippen LogP contribution in [0.25, 0.3) is 120 Å². The molecule has 0 unspecified atom stereocenters. The fourth-order valence-corrected chi connectivity index (χ4v) is 8.96. The lowest BCUT2D eigenvalue weighted by Gasteiger charge is -2.20. The molecule has 0 aliphatic rings. The number of furan rings is 2. The summed E-state index contributed by atoms with van der Waals surface area (Å²) in [4.78, 5) is 0. The fraction of sp³-hybridized carbons (Fsp3) is 0. The van der Waals surface area contributed by atoms with E-state index in [4.69, 9.17) is 8.83 Å². The molecule has 2 nitrogen and oxygen atoms in total. The van der Waals surface area contributed by atoms with Crippen molar-refractivity contribution in [2.75, 3.05) is 0 Å². The molecule has 250 valence electrons. The molecule has 0 aliphatic heterocycles. The molecule has 12 aromatic rings. The standard InChI is InChI=1S/C52H30O2/c1-2-13-34-30-46-45(29-33(34)12-1)49(40-19-5-6-20-41(40)50(46)39-21-10-14-31-11-3-4-17-37(31)39)36-16-9-15-32(27-36)35-23-26-48-44(28-35)43-25-24-42-38-18-7-8-22-47(38)53-51(42)52(43)54-48/h1-30H. The van der Waals surface area contributed by atoms with Crippen LogP contribution in [-0.2, 0) is 0 Å². The zero-order valence-electron chi connectivity index (χ0n) is 29.1. The Morgan fingerprint density at radius 1 is 0.259 bits per heavy atom. The van der Waals surface area contributed by atoms with Crippen LogP contribution in [0, 0.1) is 0 Å². The largest absolute Gasteiger partial charge is 0.452 e. The highest BCUT2D eigenvalue weighted by atomic mass is 16.4. The molecule has 0 N–H and O–H groups in total. The summed E-state index contributed by atoms with van der Waals surface area (Å²) in [5, 5.41) is 14.3. The fourth-order valence-electron chi connectivity index (χ4n) is 8.96. The van der Waals surface area contributed by atoms with E-state index in [-0.39, 0.29) is 0 Å². The third kappa shape index (κ3) is 4.22. The van der Waals surface area contributed by atoms with Gasteiger partial charge < -0.3 is 8.83 Å². The zero-order chi connectivity index (χ0) is 35.3. The van der Waals surface area contributed by atoms with Crippen LogP contribution in [0.15, 0.2) is 191 Å². The molecule has 0 atom stereocenters. The Labute approximate surface area is 310 Å². The second kappa shape index (κ2) is 11.2. The summed E-state index contributed by atoms with van der Waals surface area (Å²) in [5.41, 5.74) is 10.6. The molecule has 2 heteroatoms. The van der Waals surface area contributed by atoms with E-state index in [2.05, 4.69) is 164 Å². The first-order valence-electron chi connectivity index (χ1n) is 18.5. The lowest BCUT2D eigenvalue weighted by atomic mass is 9.83. The van der Waals surface area contributed by atoms with Crippen LogP contribution in [0.5, 0.6) is 0 Å². The molecule has 0 radical (unpaired) electrons. The summed E-state index contributed by atoms with van der Waals surface area (Å²) in [6, 6.07) is 66.0. The van der Waals surface area contributed by atoms with Crippen LogP contribution in [0.2, 0.25) is 0 Å². The Hall–Kier alpha value is -7.16. The lowest BCUT2D eigenvalue weighted by Crippen LogP contribution is -1.92. The Balaban J connectivity index is 1.10. The van der Waals surface area contributed by atoms with Gasteiger partial charge in [-0.1, -0.05) is 133 Å². The number of rotatable bonds is 3. The average molecular weight is 687 g/mol. The Kier molecular flexibility index (Phi) is 6.09. The summed E-state index contributed by atoms with van der Waals surface area (Å²) in [5.74, 6) is 0. The molecule has 2 heterocycles. The van der Waals surface area contributed by atoms with Crippen molar-refractivity contribution in [2.45, 2.75) is 0 Å². The van der Waals surface area contributed by atoms with E-state index in [0.717, 1.165) is 55.0 Å². The van der Waals surface area contributed by atoms with Crippen LogP contribution in [0.3, 0.4) is 0 Å². The number of benzene rings is 10. The van der Waals surface area contributed by atoms with Gasteiger partial charge in [-0.3, -0.25) is 0 Å². The second-order valence-corrected chi connectivity index (χ2v) is 14.4. The van der Waals surface area contributed by atoms with Gasteiger partial charge in [-0.05, 0) is 125 Å². The first kappa shape index (κ1) is 29.4. The van der Waals surface area contributed by atoms with Crippen LogP contribution in [0.4, 0.5) is 0 Å². The third-order valence-electron chi connectivity index (χ3n) is 11.4. The van der Waals surface area contributed by atoms with Crippen molar-refractivity contribution in [3.05, 3.63) is 182 Å². The van der Waals surface area contributed by atoms with Gasteiger partial charge in [0.15, 0.2) is 11.2 Å². The first-order chi connectivity index (χ1) is 26.8. The molecule has 0 saturated heterocycles. The van der Waals surface area contributed by atoms with E-state index in [1.807, 2.05) is 18.2 Å². The maximum absolute atomic E-state index is 6.49. The summed E-state index contributed by atoms with van der Waals surface area (Å²) in [7, 11) is 0. The van der Waals surface area contributed by atoms with Crippen LogP contribution < -0.4 is 0 Å². The average Bonchev–Trinajstić information content (AvgIpc) is 3.80. The molecule has 0 fully saturated rings. The van der Waals surface area contributed by atoms with Crippen LogP contribution in [-0.4, -0.2) is 0 Å². The monoisotopic (exact) mass is 686 g/mol. The van der Waals surface area contributed by atoms with E-state index in [1.165, 1.54) is 65.3 Å². The van der Waals surface area contributed by atoms with Crippen molar-refractivity contribution in [3.8, 4) is 33.4 Å². The van der Waals surface area contributed by atoms with E-state index in [1.54, 1.807) is 0 Å². The Bertz CT molecular complexity index is 3500. The molecule has 10 aromatic carbocycles. The van der Waals surface area contributed by atoms with Gasteiger partial charge in [-0.2, -0.15) is 0 Å². The van der Waals surface area contributed by atoms with E-state index in [9.17, 15) is 0 Å². The minimum absolute atomic E-state index is 0.793. The molecule has 54 heavy (non-hydrogen) atoms. The van der Waals surface area contributed by atoms with Crippen molar-refractivity contribution >= 4 is 87.0 Å². The van der Waals surface area contributed by atoms with Gasteiger partial charge in [0.2, 0.25) is 0 Å². The van der Waals surface area contributed by atoms with E-state index in [0.29, 0.717) is 0 Å². The summed E-state index contributed by atoms with van der Waals surface area (Å²) in [6.45, 7) is 0. The smallest absolute Gasteiger partial charge is 0.178 e. The maximum atomic E-state index is 6.49. The van der Waals surface area contributed by atoms with Crippen LogP contribution >= 0.6 is 0 Å². The second-order valence-electron chi connectivity index (χ2n) is 14.4.